The van der Waals surface area contributed by atoms with Crippen molar-refractivity contribution in [1.82, 2.24) is 10.3 Å². The number of amides is 2. The van der Waals surface area contributed by atoms with Crippen LogP contribution in [-0.4, -0.2) is 47.6 Å². The number of alkyl carbamates (subject to hydrolysis) is 1. The van der Waals surface area contributed by atoms with Crippen LogP contribution >= 0.6 is 56.9 Å². The second-order valence-corrected chi connectivity index (χ2v) is 14.8. The van der Waals surface area contributed by atoms with E-state index in [0.717, 1.165) is 30.0 Å². The predicted molar refractivity (Wildman–Crippen MR) is 165 cm³/mol. The van der Waals surface area contributed by atoms with E-state index in [-0.39, 0.29) is 17.1 Å². The fourth-order valence-corrected chi connectivity index (χ4v) is 7.77. The smallest absolute Gasteiger partial charge is 0.415 e. The lowest BCUT2D eigenvalue weighted by atomic mass is 9.93. The van der Waals surface area contributed by atoms with E-state index in [0.29, 0.717) is 25.4 Å². The number of thiophene rings is 2. The molecular weight excluding hydrogens is 673 g/mol. The van der Waals surface area contributed by atoms with Crippen molar-refractivity contribution in [2.24, 2.45) is 0 Å². The minimum atomic E-state index is -0.668. The van der Waals surface area contributed by atoms with Gasteiger partial charge in [0.1, 0.15) is 16.4 Å². The van der Waals surface area contributed by atoms with Crippen LogP contribution in [0.15, 0.2) is 23.6 Å². The highest BCUT2D eigenvalue weighted by atomic mass is 127. The van der Waals surface area contributed by atoms with Crippen LogP contribution in [0.5, 0.6) is 0 Å². The highest BCUT2D eigenvalue weighted by Crippen LogP contribution is 2.45. The number of aromatic nitrogens is 1. The number of halogens is 2. The molecule has 0 aliphatic carbocycles. The molecule has 3 aromatic rings. The lowest BCUT2D eigenvalue weighted by molar-refractivity contribution is 0.0294. The summed E-state index contributed by atoms with van der Waals surface area (Å²) in [6.07, 6.45) is -0.217. The maximum absolute atomic E-state index is 13.5. The van der Waals surface area contributed by atoms with Crippen molar-refractivity contribution in [3.63, 3.8) is 0 Å². The highest BCUT2D eigenvalue weighted by Gasteiger charge is 2.35. The summed E-state index contributed by atoms with van der Waals surface area (Å²) in [5, 5.41) is 5.27. The number of nitrogens with one attached hydrogen (secondary N) is 1. The molecule has 1 saturated heterocycles. The van der Waals surface area contributed by atoms with Gasteiger partial charge in [-0.3, -0.25) is 4.90 Å². The van der Waals surface area contributed by atoms with E-state index in [1.807, 2.05) is 59.1 Å². The molecule has 39 heavy (non-hydrogen) atoms. The minimum Gasteiger partial charge on any atom is -0.444 e. The molecular formula is C27H33ClIN3O5S2. The molecule has 0 unspecified atom stereocenters. The SMILES string of the molecule is CC(C)(C)OC(=O)N[C@H]1COCC[C@@H]1c1sc2c(N(Cc3cccs3)C(=O)OC(C)(C)C)cc(Cl)nc2c1I. The van der Waals surface area contributed by atoms with E-state index in [9.17, 15) is 9.59 Å². The second-order valence-electron chi connectivity index (χ2n) is 11.3. The Labute approximate surface area is 255 Å². The second kappa shape index (κ2) is 12.1. The van der Waals surface area contributed by atoms with Crippen LogP contribution < -0.4 is 10.2 Å². The zero-order chi connectivity index (χ0) is 28.5. The summed E-state index contributed by atoms with van der Waals surface area (Å²) in [6.45, 7) is 12.3. The van der Waals surface area contributed by atoms with E-state index < -0.39 is 23.4 Å². The van der Waals surface area contributed by atoms with Gasteiger partial charge >= 0.3 is 12.2 Å². The van der Waals surface area contributed by atoms with Crippen LogP contribution in [0.4, 0.5) is 15.3 Å². The number of nitrogens with zero attached hydrogens (tertiary/aromatic N) is 2. The van der Waals surface area contributed by atoms with Gasteiger partial charge in [0.05, 0.1) is 38.7 Å². The number of hydrogen-bond acceptors (Lipinski definition) is 8. The maximum Gasteiger partial charge on any atom is 0.415 e. The molecule has 4 heterocycles. The fourth-order valence-electron chi connectivity index (χ4n) is 4.23. The molecule has 1 fully saturated rings. The average Bonchev–Trinajstić information content (AvgIpc) is 3.43. The van der Waals surface area contributed by atoms with Crippen LogP contribution in [-0.2, 0) is 20.8 Å². The molecule has 3 aromatic heterocycles. The molecule has 1 aliphatic heterocycles. The van der Waals surface area contributed by atoms with Gasteiger partial charge in [-0.25, -0.2) is 14.6 Å². The lowest BCUT2D eigenvalue weighted by Crippen LogP contribution is -2.47. The Hall–Kier alpha value is -1.67. The lowest BCUT2D eigenvalue weighted by Gasteiger charge is -2.32. The summed E-state index contributed by atoms with van der Waals surface area (Å²) in [6, 6.07) is 5.39. The minimum absolute atomic E-state index is 0.0173. The quantitative estimate of drug-likeness (QED) is 0.214. The molecule has 1 N–H and O–H groups in total. The van der Waals surface area contributed by atoms with Crippen molar-refractivity contribution < 1.29 is 23.8 Å². The van der Waals surface area contributed by atoms with Gasteiger partial charge in [-0.05, 0) is 82.0 Å². The molecule has 0 saturated carbocycles. The van der Waals surface area contributed by atoms with Gasteiger partial charge in [-0.2, -0.15) is 0 Å². The van der Waals surface area contributed by atoms with E-state index in [1.165, 1.54) is 0 Å². The molecule has 8 nitrogen and oxygen atoms in total. The summed E-state index contributed by atoms with van der Waals surface area (Å²) < 4.78 is 18.8. The molecule has 0 spiro atoms. The third-order valence-electron chi connectivity index (χ3n) is 5.75. The fraction of sp³-hybridized carbons (Fsp3) is 0.519. The van der Waals surface area contributed by atoms with Gasteiger partial charge in [0.15, 0.2) is 0 Å². The normalized spacial score (nSPS) is 18.2. The van der Waals surface area contributed by atoms with Gasteiger partial charge in [0.2, 0.25) is 0 Å². The summed E-state index contributed by atoms with van der Waals surface area (Å²) in [5.41, 5.74) is 0.0916. The Balaban J connectivity index is 1.76. The van der Waals surface area contributed by atoms with E-state index in [4.69, 9.17) is 25.8 Å². The number of hydrogen-bond donors (Lipinski definition) is 1. The monoisotopic (exact) mass is 705 g/mol. The van der Waals surface area contributed by atoms with Crippen LogP contribution in [0, 0.1) is 3.57 Å². The summed E-state index contributed by atoms with van der Waals surface area (Å²) in [5.74, 6) is -0.0173. The standard InChI is InChI=1S/C27H33ClIN3O5S2/c1-26(2,3)36-24(33)30-17-14-35-10-9-16(17)22-20(29)21-23(39-22)18(12-19(28)31-21)32(13-15-8-7-11-38-15)25(34)37-27(4,5)6/h7-8,11-12,16-17H,9-10,13-14H2,1-6H3,(H,30,33)/t16-,17-/m0/s1. The molecule has 12 heteroatoms. The van der Waals surface area contributed by atoms with Crippen molar-refractivity contribution in [2.75, 3.05) is 18.1 Å². The molecule has 0 bridgehead atoms. The number of ether oxygens (including phenoxy) is 3. The average molecular weight is 706 g/mol. The maximum atomic E-state index is 13.5. The molecule has 4 rings (SSSR count). The van der Waals surface area contributed by atoms with Crippen molar-refractivity contribution in [2.45, 2.75) is 77.7 Å². The first kappa shape index (κ1) is 30.3. The van der Waals surface area contributed by atoms with Crippen molar-refractivity contribution in [1.29, 1.82) is 0 Å². The Bertz CT molecular complexity index is 1330. The van der Waals surface area contributed by atoms with E-state index in [1.54, 1.807) is 33.6 Å². The molecule has 212 valence electrons. The number of rotatable bonds is 5. The van der Waals surface area contributed by atoms with E-state index in [2.05, 4.69) is 32.9 Å². The first-order chi connectivity index (χ1) is 18.2. The van der Waals surface area contributed by atoms with Crippen molar-refractivity contribution >= 4 is 85.0 Å². The topological polar surface area (TPSA) is 90.0 Å². The first-order valence-corrected chi connectivity index (χ1v) is 15.8. The van der Waals surface area contributed by atoms with Gasteiger partial charge < -0.3 is 19.5 Å². The van der Waals surface area contributed by atoms with Gasteiger partial charge in [-0.15, -0.1) is 22.7 Å². The number of anilines is 1. The van der Waals surface area contributed by atoms with Crippen LogP contribution in [0.3, 0.4) is 0 Å². The van der Waals surface area contributed by atoms with Crippen LogP contribution in [0.1, 0.15) is 63.6 Å². The van der Waals surface area contributed by atoms with Crippen molar-refractivity contribution in [3.8, 4) is 0 Å². The molecule has 2 amide bonds. The number of carbonyl (C=O) groups excluding carboxylic acids is 2. The Morgan fingerprint density at radius 2 is 1.95 bits per heavy atom. The van der Waals surface area contributed by atoms with Gasteiger partial charge in [-0.1, -0.05) is 17.7 Å². The summed E-state index contributed by atoms with van der Waals surface area (Å²) >= 11 is 12.0. The van der Waals surface area contributed by atoms with Crippen molar-refractivity contribution in [3.05, 3.63) is 42.1 Å². The summed E-state index contributed by atoms with van der Waals surface area (Å²) in [7, 11) is 0. The largest absolute Gasteiger partial charge is 0.444 e. The molecule has 1 aliphatic rings. The van der Waals surface area contributed by atoms with Gasteiger partial charge in [0.25, 0.3) is 0 Å². The Kier molecular flexibility index (Phi) is 9.36. The number of carbonyl (C=O) groups is 2. The summed E-state index contributed by atoms with van der Waals surface area (Å²) in [4.78, 5) is 34.5. The van der Waals surface area contributed by atoms with Crippen LogP contribution in [0.2, 0.25) is 5.15 Å². The first-order valence-electron chi connectivity index (χ1n) is 12.6. The van der Waals surface area contributed by atoms with E-state index >= 15 is 0 Å². The molecule has 2 atom stereocenters. The third kappa shape index (κ3) is 7.75. The zero-order valence-electron chi connectivity index (χ0n) is 22.8. The van der Waals surface area contributed by atoms with Gasteiger partial charge in [0, 0.05) is 28.3 Å². The number of pyridine rings is 1. The Morgan fingerprint density at radius 1 is 1.23 bits per heavy atom. The molecule has 0 aromatic carbocycles. The zero-order valence-corrected chi connectivity index (χ0v) is 27.3. The third-order valence-corrected chi connectivity index (χ3v) is 9.60. The number of fused-ring (bicyclic) bond motifs is 1. The Morgan fingerprint density at radius 3 is 2.59 bits per heavy atom. The highest BCUT2D eigenvalue weighted by molar-refractivity contribution is 14.1. The van der Waals surface area contributed by atoms with Crippen LogP contribution in [0.25, 0.3) is 10.2 Å². The molecule has 0 radical (unpaired) electrons. The predicted octanol–water partition coefficient (Wildman–Crippen LogP) is 7.95.